The summed E-state index contributed by atoms with van der Waals surface area (Å²) in [5.74, 6) is 0.0922. The lowest BCUT2D eigenvalue weighted by Crippen LogP contribution is -2.50. The number of halogens is 1. The Kier molecular flexibility index (Phi) is 9.05. The van der Waals surface area contributed by atoms with Crippen molar-refractivity contribution >= 4 is 35.2 Å². The fourth-order valence-electron chi connectivity index (χ4n) is 2.95. The third-order valence-corrected chi connectivity index (χ3v) is 5.72. The van der Waals surface area contributed by atoms with E-state index in [1.54, 1.807) is 4.90 Å². The molecular weight excluding hydrogens is 404 g/mol. The predicted molar refractivity (Wildman–Crippen MR) is 121 cm³/mol. The van der Waals surface area contributed by atoms with Gasteiger partial charge in [-0.15, -0.1) is 11.8 Å². The van der Waals surface area contributed by atoms with Crippen LogP contribution >= 0.6 is 23.4 Å². The first-order chi connectivity index (χ1) is 13.8. The Bertz CT molecular complexity index is 807. The van der Waals surface area contributed by atoms with E-state index in [-0.39, 0.29) is 23.6 Å². The first kappa shape index (κ1) is 23.3. The monoisotopic (exact) mass is 432 g/mol. The van der Waals surface area contributed by atoms with Crippen LogP contribution < -0.4 is 5.32 Å². The fourth-order valence-corrected chi connectivity index (χ4v) is 3.86. The zero-order valence-corrected chi connectivity index (χ0v) is 19.0. The SMILES string of the molecule is CC[C@H](C(=O)NC(C)C)N(Cc1ccc(C)cc1)C(=O)CSc1ccc(Cl)cc1. The van der Waals surface area contributed by atoms with Gasteiger partial charge in [-0.3, -0.25) is 9.59 Å². The number of aryl methyl sites for hydroxylation is 1. The molecule has 0 saturated carbocycles. The Morgan fingerprint density at radius 2 is 1.69 bits per heavy atom. The second kappa shape index (κ2) is 11.3. The highest BCUT2D eigenvalue weighted by Crippen LogP contribution is 2.22. The van der Waals surface area contributed by atoms with Crippen LogP contribution in [0.2, 0.25) is 5.02 Å². The largest absolute Gasteiger partial charge is 0.352 e. The van der Waals surface area contributed by atoms with Gasteiger partial charge in [0.25, 0.3) is 0 Å². The van der Waals surface area contributed by atoms with E-state index < -0.39 is 6.04 Å². The Morgan fingerprint density at radius 3 is 2.24 bits per heavy atom. The van der Waals surface area contributed by atoms with Crippen LogP contribution in [0.15, 0.2) is 53.4 Å². The van der Waals surface area contributed by atoms with Gasteiger partial charge in [0.15, 0.2) is 0 Å². The molecule has 0 aliphatic rings. The molecule has 0 fully saturated rings. The molecule has 2 amide bonds. The van der Waals surface area contributed by atoms with Gasteiger partial charge >= 0.3 is 0 Å². The summed E-state index contributed by atoms with van der Waals surface area (Å²) in [7, 11) is 0. The first-order valence-electron chi connectivity index (χ1n) is 9.84. The molecule has 2 aromatic carbocycles. The van der Waals surface area contributed by atoms with E-state index in [2.05, 4.69) is 5.32 Å². The van der Waals surface area contributed by atoms with Crippen molar-refractivity contribution in [2.75, 3.05) is 5.75 Å². The Balaban J connectivity index is 2.18. The molecule has 0 radical (unpaired) electrons. The van der Waals surface area contributed by atoms with Gasteiger partial charge in [-0.1, -0.05) is 48.4 Å². The minimum absolute atomic E-state index is 0.0244. The summed E-state index contributed by atoms with van der Waals surface area (Å²) in [5, 5.41) is 3.61. The number of hydrogen-bond donors (Lipinski definition) is 1. The van der Waals surface area contributed by atoms with Crippen molar-refractivity contribution in [1.82, 2.24) is 10.2 Å². The highest BCUT2D eigenvalue weighted by Gasteiger charge is 2.28. The molecule has 4 nitrogen and oxygen atoms in total. The van der Waals surface area contributed by atoms with Crippen LogP contribution in [-0.4, -0.2) is 34.6 Å². The summed E-state index contributed by atoms with van der Waals surface area (Å²) in [5.41, 5.74) is 2.17. The van der Waals surface area contributed by atoms with Crippen LogP contribution in [0.5, 0.6) is 0 Å². The van der Waals surface area contributed by atoms with Crippen molar-refractivity contribution in [2.24, 2.45) is 0 Å². The molecule has 156 valence electrons. The van der Waals surface area contributed by atoms with Gasteiger partial charge in [-0.2, -0.15) is 0 Å². The van der Waals surface area contributed by atoms with Gasteiger partial charge in [-0.05, 0) is 57.0 Å². The van der Waals surface area contributed by atoms with E-state index in [4.69, 9.17) is 11.6 Å². The summed E-state index contributed by atoms with van der Waals surface area (Å²) in [4.78, 5) is 28.6. The molecule has 0 saturated heterocycles. The minimum Gasteiger partial charge on any atom is -0.352 e. The van der Waals surface area contributed by atoms with Gasteiger partial charge in [0, 0.05) is 22.5 Å². The zero-order chi connectivity index (χ0) is 21.4. The molecule has 6 heteroatoms. The molecule has 0 aromatic heterocycles. The number of amides is 2. The fraction of sp³-hybridized carbons (Fsp3) is 0.391. The number of thioether (sulfide) groups is 1. The van der Waals surface area contributed by atoms with E-state index in [0.29, 0.717) is 18.0 Å². The van der Waals surface area contributed by atoms with Crippen molar-refractivity contribution in [3.63, 3.8) is 0 Å². The topological polar surface area (TPSA) is 49.4 Å². The van der Waals surface area contributed by atoms with E-state index in [9.17, 15) is 9.59 Å². The van der Waals surface area contributed by atoms with E-state index >= 15 is 0 Å². The van der Waals surface area contributed by atoms with Crippen molar-refractivity contribution in [2.45, 2.75) is 57.6 Å². The molecule has 0 aliphatic heterocycles. The molecule has 0 spiro atoms. The summed E-state index contributed by atoms with van der Waals surface area (Å²) < 4.78 is 0. The normalized spacial score (nSPS) is 11.9. The van der Waals surface area contributed by atoms with E-state index in [1.165, 1.54) is 11.8 Å². The third-order valence-electron chi connectivity index (χ3n) is 4.47. The second-order valence-corrected chi connectivity index (χ2v) is 8.82. The van der Waals surface area contributed by atoms with E-state index in [0.717, 1.165) is 16.0 Å². The smallest absolute Gasteiger partial charge is 0.243 e. The van der Waals surface area contributed by atoms with Gasteiger partial charge in [0.05, 0.1) is 5.75 Å². The van der Waals surface area contributed by atoms with Crippen LogP contribution in [0.3, 0.4) is 0 Å². The maximum Gasteiger partial charge on any atom is 0.243 e. The average Bonchev–Trinajstić information content (AvgIpc) is 2.68. The number of rotatable bonds is 9. The van der Waals surface area contributed by atoms with Crippen molar-refractivity contribution in [3.05, 3.63) is 64.7 Å². The van der Waals surface area contributed by atoms with Crippen LogP contribution in [0, 0.1) is 6.92 Å². The van der Waals surface area contributed by atoms with E-state index in [1.807, 2.05) is 76.2 Å². The van der Waals surface area contributed by atoms with Crippen molar-refractivity contribution < 1.29 is 9.59 Å². The molecule has 0 heterocycles. The van der Waals surface area contributed by atoms with Gasteiger partial charge < -0.3 is 10.2 Å². The van der Waals surface area contributed by atoms with Crippen molar-refractivity contribution in [3.8, 4) is 0 Å². The van der Waals surface area contributed by atoms with Gasteiger partial charge in [0.2, 0.25) is 11.8 Å². The molecule has 1 atom stereocenters. The molecule has 29 heavy (non-hydrogen) atoms. The molecular formula is C23H29ClN2O2S. The van der Waals surface area contributed by atoms with Gasteiger partial charge in [0.1, 0.15) is 6.04 Å². The highest BCUT2D eigenvalue weighted by atomic mass is 35.5. The third kappa shape index (κ3) is 7.41. The Labute approximate surface area is 183 Å². The summed E-state index contributed by atoms with van der Waals surface area (Å²) in [6.07, 6.45) is 0.557. The van der Waals surface area contributed by atoms with Crippen LogP contribution in [0.1, 0.15) is 38.3 Å². The lowest BCUT2D eigenvalue weighted by atomic mass is 10.1. The predicted octanol–water partition coefficient (Wildman–Crippen LogP) is 5.07. The number of benzene rings is 2. The lowest BCUT2D eigenvalue weighted by Gasteiger charge is -2.31. The Hall–Kier alpha value is -1.98. The first-order valence-corrected chi connectivity index (χ1v) is 11.2. The van der Waals surface area contributed by atoms with Crippen LogP contribution in [0.25, 0.3) is 0 Å². The number of carbonyl (C=O) groups is 2. The maximum absolute atomic E-state index is 13.1. The second-order valence-electron chi connectivity index (χ2n) is 7.34. The molecule has 0 aliphatic carbocycles. The summed E-state index contributed by atoms with van der Waals surface area (Å²) in [6, 6.07) is 15.0. The standard InChI is InChI=1S/C23H29ClN2O2S/c1-5-21(23(28)25-16(2)3)26(14-18-8-6-17(4)7-9-18)22(27)15-29-20-12-10-19(24)11-13-20/h6-13,16,21H,5,14-15H2,1-4H3,(H,25,28)/t21-/m1/s1. The molecule has 0 bridgehead atoms. The van der Waals surface area contributed by atoms with Crippen LogP contribution in [-0.2, 0) is 16.1 Å². The van der Waals surface area contributed by atoms with Crippen molar-refractivity contribution in [1.29, 1.82) is 0 Å². The quantitative estimate of drug-likeness (QED) is 0.562. The molecule has 0 unspecified atom stereocenters. The maximum atomic E-state index is 13.1. The molecule has 2 rings (SSSR count). The average molecular weight is 433 g/mol. The molecule has 2 aromatic rings. The summed E-state index contributed by atoms with van der Waals surface area (Å²) in [6.45, 7) is 8.22. The lowest BCUT2D eigenvalue weighted by molar-refractivity contribution is -0.139. The number of hydrogen-bond acceptors (Lipinski definition) is 3. The van der Waals surface area contributed by atoms with Gasteiger partial charge in [-0.25, -0.2) is 0 Å². The number of nitrogens with one attached hydrogen (secondary N) is 1. The molecule has 1 N–H and O–H groups in total. The number of nitrogens with zero attached hydrogens (tertiary/aromatic N) is 1. The number of carbonyl (C=O) groups excluding carboxylic acids is 2. The summed E-state index contributed by atoms with van der Waals surface area (Å²) >= 11 is 7.38. The highest BCUT2D eigenvalue weighted by molar-refractivity contribution is 8.00. The van der Waals surface area contributed by atoms with Crippen LogP contribution in [0.4, 0.5) is 0 Å². The Morgan fingerprint density at radius 1 is 1.07 bits per heavy atom. The minimum atomic E-state index is -0.503. The zero-order valence-electron chi connectivity index (χ0n) is 17.4.